The fourth-order valence-electron chi connectivity index (χ4n) is 2.60. The quantitative estimate of drug-likeness (QED) is 0.941. The van der Waals surface area contributed by atoms with Gasteiger partial charge in [0.25, 0.3) is 0 Å². The SMILES string of the molecule is CC(C)C(=O)Nc1nc(CN2CCc3ccccc3C2)cs1. The van der Waals surface area contributed by atoms with Crippen LogP contribution in [0.5, 0.6) is 0 Å². The summed E-state index contributed by atoms with van der Waals surface area (Å²) in [5.41, 5.74) is 3.91. The van der Waals surface area contributed by atoms with Crippen LogP contribution in [0.25, 0.3) is 0 Å². The first-order valence-corrected chi connectivity index (χ1v) is 8.54. The topological polar surface area (TPSA) is 45.2 Å². The third kappa shape index (κ3) is 3.54. The van der Waals surface area contributed by atoms with Gasteiger partial charge in [0.2, 0.25) is 5.91 Å². The van der Waals surface area contributed by atoms with Crippen molar-refractivity contribution in [2.75, 3.05) is 11.9 Å². The van der Waals surface area contributed by atoms with Crippen molar-refractivity contribution < 1.29 is 4.79 Å². The molecule has 0 bridgehead atoms. The Kier molecular flexibility index (Phi) is 4.55. The van der Waals surface area contributed by atoms with E-state index in [-0.39, 0.29) is 11.8 Å². The number of hydrogen-bond donors (Lipinski definition) is 1. The lowest BCUT2D eigenvalue weighted by Crippen LogP contribution is -2.30. The van der Waals surface area contributed by atoms with Crippen LogP contribution in [-0.4, -0.2) is 22.3 Å². The molecule has 1 aliphatic rings. The molecule has 1 amide bonds. The molecule has 1 N–H and O–H groups in total. The van der Waals surface area contributed by atoms with Gasteiger partial charge in [-0.1, -0.05) is 38.1 Å². The molecule has 0 spiro atoms. The van der Waals surface area contributed by atoms with Crippen molar-refractivity contribution in [2.24, 2.45) is 5.92 Å². The molecule has 0 saturated heterocycles. The number of nitrogens with zero attached hydrogens (tertiary/aromatic N) is 2. The molecule has 0 aliphatic carbocycles. The lowest BCUT2D eigenvalue weighted by molar-refractivity contribution is -0.118. The Hall–Kier alpha value is -1.72. The van der Waals surface area contributed by atoms with Crippen molar-refractivity contribution in [1.82, 2.24) is 9.88 Å². The maximum Gasteiger partial charge on any atom is 0.228 e. The van der Waals surface area contributed by atoms with E-state index in [1.807, 2.05) is 19.2 Å². The van der Waals surface area contributed by atoms with Gasteiger partial charge < -0.3 is 5.32 Å². The molecular formula is C17H21N3OS. The minimum Gasteiger partial charge on any atom is -0.302 e. The molecule has 22 heavy (non-hydrogen) atoms. The van der Waals surface area contributed by atoms with Gasteiger partial charge >= 0.3 is 0 Å². The van der Waals surface area contributed by atoms with Crippen LogP contribution in [0.4, 0.5) is 5.13 Å². The maximum absolute atomic E-state index is 11.7. The molecule has 3 rings (SSSR count). The molecule has 0 fully saturated rings. The standard InChI is InChI=1S/C17H21N3OS/c1-12(2)16(21)19-17-18-15(11-22-17)10-20-8-7-13-5-3-4-6-14(13)9-20/h3-6,11-12H,7-10H2,1-2H3,(H,18,19,21). The van der Waals surface area contributed by atoms with Gasteiger partial charge in [0.05, 0.1) is 5.69 Å². The molecule has 1 aliphatic heterocycles. The fourth-order valence-corrected chi connectivity index (χ4v) is 3.31. The molecule has 1 aromatic carbocycles. The number of carbonyl (C=O) groups excluding carboxylic acids is 1. The van der Waals surface area contributed by atoms with E-state index in [4.69, 9.17) is 0 Å². The van der Waals surface area contributed by atoms with Gasteiger partial charge in [0, 0.05) is 30.9 Å². The molecule has 116 valence electrons. The number of anilines is 1. The van der Waals surface area contributed by atoms with Gasteiger partial charge in [0.15, 0.2) is 5.13 Å². The van der Waals surface area contributed by atoms with Crippen molar-refractivity contribution in [2.45, 2.75) is 33.4 Å². The molecule has 4 nitrogen and oxygen atoms in total. The van der Waals surface area contributed by atoms with E-state index < -0.39 is 0 Å². The van der Waals surface area contributed by atoms with Crippen LogP contribution in [0.15, 0.2) is 29.6 Å². The Balaban J connectivity index is 1.61. The van der Waals surface area contributed by atoms with Crippen LogP contribution in [0.3, 0.4) is 0 Å². The molecule has 0 atom stereocenters. The maximum atomic E-state index is 11.7. The van der Waals surface area contributed by atoms with E-state index >= 15 is 0 Å². The van der Waals surface area contributed by atoms with Crippen LogP contribution < -0.4 is 5.32 Å². The highest BCUT2D eigenvalue weighted by molar-refractivity contribution is 7.13. The first kappa shape index (κ1) is 15.2. The van der Waals surface area contributed by atoms with Gasteiger partial charge in [-0.3, -0.25) is 9.69 Å². The van der Waals surface area contributed by atoms with Crippen molar-refractivity contribution >= 4 is 22.4 Å². The van der Waals surface area contributed by atoms with E-state index in [1.54, 1.807) is 0 Å². The molecule has 1 aromatic heterocycles. The summed E-state index contributed by atoms with van der Waals surface area (Å²) in [4.78, 5) is 18.6. The van der Waals surface area contributed by atoms with Crippen molar-refractivity contribution in [3.8, 4) is 0 Å². The van der Waals surface area contributed by atoms with Gasteiger partial charge in [0.1, 0.15) is 0 Å². The van der Waals surface area contributed by atoms with E-state index in [0.29, 0.717) is 5.13 Å². The Bertz CT molecular complexity index is 665. The van der Waals surface area contributed by atoms with E-state index in [1.165, 1.54) is 22.5 Å². The Morgan fingerprint density at radius 3 is 2.91 bits per heavy atom. The first-order valence-electron chi connectivity index (χ1n) is 7.66. The molecule has 2 heterocycles. The minimum absolute atomic E-state index is 0.0211. The smallest absolute Gasteiger partial charge is 0.228 e. The van der Waals surface area contributed by atoms with Crippen molar-refractivity contribution in [3.63, 3.8) is 0 Å². The summed E-state index contributed by atoms with van der Waals surface area (Å²) in [7, 11) is 0. The number of nitrogens with one attached hydrogen (secondary N) is 1. The first-order chi connectivity index (χ1) is 10.6. The third-order valence-corrected chi connectivity index (χ3v) is 4.71. The van der Waals surface area contributed by atoms with Gasteiger partial charge in [-0.2, -0.15) is 0 Å². The highest BCUT2D eigenvalue weighted by Crippen LogP contribution is 2.22. The van der Waals surface area contributed by atoms with E-state index in [0.717, 1.165) is 31.7 Å². The van der Waals surface area contributed by atoms with E-state index in [2.05, 4.69) is 39.5 Å². The van der Waals surface area contributed by atoms with Crippen LogP contribution in [0.2, 0.25) is 0 Å². The van der Waals surface area contributed by atoms with Crippen LogP contribution in [0, 0.1) is 5.92 Å². The lowest BCUT2D eigenvalue weighted by atomic mass is 10.00. The van der Waals surface area contributed by atoms with Gasteiger partial charge in [-0.05, 0) is 17.5 Å². The lowest BCUT2D eigenvalue weighted by Gasteiger charge is -2.27. The summed E-state index contributed by atoms with van der Waals surface area (Å²) in [6, 6.07) is 8.63. The zero-order valence-electron chi connectivity index (χ0n) is 13.0. The van der Waals surface area contributed by atoms with Crippen molar-refractivity contribution in [3.05, 3.63) is 46.5 Å². The molecule has 2 aromatic rings. The zero-order chi connectivity index (χ0) is 15.5. The summed E-state index contributed by atoms with van der Waals surface area (Å²) >= 11 is 1.50. The summed E-state index contributed by atoms with van der Waals surface area (Å²) in [6.45, 7) is 6.63. The van der Waals surface area contributed by atoms with Crippen molar-refractivity contribution in [1.29, 1.82) is 0 Å². The molecular weight excluding hydrogens is 294 g/mol. The van der Waals surface area contributed by atoms with Gasteiger partial charge in [-0.15, -0.1) is 11.3 Å². The molecule has 0 saturated carbocycles. The van der Waals surface area contributed by atoms with Crippen LogP contribution >= 0.6 is 11.3 Å². The number of benzene rings is 1. The molecule has 0 unspecified atom stereocenters. The second-order valence-electron chi connectivity index (χ2n) is 6.02. The highest BCUT2D eigenvalue weighted by Gasteiger charge is 2.17. The number of rotatable bonds is 4. The molecule has 0 radical (unpaired) electrons. The number of amides is 1. The third-order valence-electron chi connectivity index (χ3n) is 3.90. The predicted octanol–water partition coefficient (Wildman–Crippen LogP) is 3.30. The largest absolute Gasteiger partial charge is 0.302 e. The minimum atomic E-state index is -0.0223. The summed E-state index contributed by atoms with van der Waals surface area (Å²) in [5, 5.41) is 5.60. The number of thiazole rings is 1. The van der Waals surface area contributed by atoms with Crippen LogP contribution in [-0.2, 0) is 24.3 Å². The number of fused-ring (bicyclic) bond motifs is 1. The molecule has 5 heteroatoms. The van der Waals surface area contributed by atoms with E-state index in [9.17, 15) is 4.79 Å². The predicted molar refractivity (Wildman–Crippen MR) is 89.8 cm³/mol. The Morgan fingerprint density at radius 1 is 1.36 bits per heavy atom. The second kappa shape index (κ2) is 6.58. The Morgan fingerprint density at radius 2 is 2.14 bits per heavy atom. The average Bonchev–Trinajstić information content (AvgIpc) is 2.94. The number of aromatic nitrogens is 1. The number of hydrogen-bond acceptors (Lipinski definition) is 4. The summed E-state index contributed by atoms with van der Waals surface area (Å²) in [5.74, 6) is -0.00116. The highest BCUT2D eigenvalue weighted by atomic mass is 32.1. The zero-order valence-corrected chi connectivity index (χ0v) is 13.8. The van der Waals surface area contributed by atoms with Crippen LogP contribution in [0.1, 0.15) is 30.7 Å². The number of carbonyl (C=O) groups is 1. The normalized spacial score (nSPS) is 14.9. The fraction of sp³-hybridized carbons (Fsp3) is 0.412. The monoisotopic (exact) mass is 315 g/mol. The summed E-state index contributed by atoms with van der Waals surface area (Å²) in [6.07, 6.45) is 1.09. The second-order valence-corrected chi connectivity index (χ2v) is 6.88. The Labute approximate surface area is 135 Å². The average molecular weight is 315 g/mol. The summed E-state index contributed by atoms with van der Waals surface area (Å²) < 4.78 is 0. The van der Waals surface area contributed by atoms with Gasteiger partial charge in [-0.25, -0.2) is 4.98 Å².